The molecule has 7 aromatic carbocycles. The van der Waals surface area contributed by atoms with Crippen LogP contribution in [0.4, 0.5) is 0 Å². The van der Waals surface area contributed by atoms with E-state index in [9.17, 15) is 0 Å². The van der Waals surface area contributed by atoms with Crippen molar-refractivity contribution in [2.75, 3.05) is 0 Å². The zero-order valence-corrected chi connectivity index (χ0v) is 29.5. The van der Waals surface area contributed by atoms with Crippen molar-refractivity contribution < 1.29 is 4.74 Å². The summed E-state index contributed by atoms with van der Waals surface area (Å²) in [5, 5.41) is 4.90. The summed E-state index contributed by atoms with van der Waals surface area (Å²) in [5.74, 6) is 1.86. The number of rotatable bonds is 2. The number of hydrogen-bond donors (Lipinski definition) is 0. The van der Waals surface area contributed by atoms with E-state index < -0.39 is 0 Å². The number of benzene rings is 7. The predicted molar refractivity (Wildman–Crippen MR) is 214 cm³/mol. The lowest BCUT2D eigenvalue weighted by atomic mass is 9.77. The quantitative estimate of drug-likeness (QED) is 0.169. The first-order valence-electron chi connectivity index (χ1n) is 18.4. The van der Waals surface area contributed by atoms with Crippen molar-refractivity contribution >= 4 is 32.7 Å². The molecule has 0 amide bonds. The topological polar surface area (TPSA) is 9.23 Å². The fraction of sp³-hybridized carbons (Fsp3) is 0.160. The SMILES string of the molecule is CC1(C)C2=C(CCC(c3ccc4c(c3)C(C)(C)c3cc(-c5ccc6c(c5)cc5c7c(cccc76)-c6ccccc6O5)ccc3-4)=C2)c2ccccc21. The summed E-state index contributed by atoms with van der Waals surface area (Å²) in [4.78, 5) is 0. The third-order valence-electron chi connectivity index (χ3n) is 12.6. The standard InChI is InChI=1S/C50H38O/c1-49(2)42-14-7-5-10-35(42)36-21-18-31(26-43(36)49)32-19-23-38-37-22-17-30(25-44(37)50(3,4)45(38)27-32)29-16-20-34-33(24-29)28-47-48-40(34)12-9-13-41(48)39-11-6-8-15-46(39)51-47/h5-17,19-20,22-28H,18,21H2,1-4H3. The molecule has 3 aliphatic carbocycles. The molecule has 0 radical (unpaired) electrons. The van der Waals surface area contributed by atoms with Crippen LogP contribution < -0.4 is 4.74 Å². The summed E-state index contributed by atoms with van der Waals surface area (Å²) in [7, 11) is 0. The lowest BCUT2D eigenvalue weighted by molar-refractivity contribution is 0.487. The molecule has 11 rings (SSSR count). The van der Waals surface area contributed by atoms with Gasteiger partial charge in [0.2, 0.25) is 0 Å². The number of fused-ring (bicyclic) bond motifs is 9. The van der Waals surface area contributed by atoms with Gasteiger partial charge in [0.05, 0.1) is 0 Å². The zero-order chi connectivity index (χ0) is 34.2. The minimum absolute atomic E-state index is 0.0363. The van der Waals surface area contributed by atoms with E-state index in [0.29, 0.717) is 0 Å². The minimum Gasteiger partial charge on any atom is -0.456 e. The molecule has 0 bridgehead atoms. The Morgan fingerprint density at radius 1 is 0.471 bits per heavy atom. The lowest BCUT2D eigenvalue weighted by Gasteiger charge is -2.26. The van der Waals surface area contributed by atoms with Gasteiger partial charge in [0.25, 0.3) is 0 Å². The van der Waals surface area contributed by atoms with Crippen LogP contribution in [0.2, 0.25) is 0 Å². The average molecular weight is 655 g/mol. The average Bonchev–Trinajstić information content (AvgIpc) is 3.53. The van der Waals surface area contributed by atoms with Crippen LogP contribution in [0.25, 0.3) is 66.1 Å². The molecule has 4 aliphatic rings. The summed E-state index contributed by atoms with van der Waals surface area (Å²) >= 11 is 0. The number of para-hydroxylation sites is 1. The molecule has 0 N–H and O–H groups in total. The van der Waals surface area contributed by atoms with E-state index in [-0.39, 0.29) is 10.8 Å². The van der Waals surface area contributed by atoms with Crippen molar-refractivity contribution in [3.05, 3.63) is 167 Å². The molecule has 1 heteroatoms. The molecule has 1 nitrogen and oxygen atoms in total. The van der Waals surface area contributed by atoms with Crippen LogP contribution in [0.5, 0.6) is 11.5 Å². The van der Waals surface area contributed by atoms with Gasteiger partial charge in [-0.1, -0.05) is 131 Å². The molecule has 0 aromatic heterocycles. The van der Waals surface area contributed by atoms with Crippen LogP contribution in [-0.2, 0) is 10.8 Å². The van der Waals surface area contributed by atoms with Crippen molar-refractivity contribution in [1.29, 1.82) is 0 Å². The second-order valence-corrected chi connectivity index (χ2v) is 16.0. The molecule has 0 fully saturated rings. The number of allylic oxidation sites excluding steroid dienone is 4. The molecule has 7 aromatic rings. The lowest BCUT2D eigenvalue weighted by Crippen LogP contribution is -2.17. The fourth-order valence-corrected chi connectivity index (χ4v) is 9.91. The summed E-state index contributed by atoms with van der Waals surface area (Å²) in [5.41, 5.74) is 19.2. The van der Waals surface area contributed by atoms with E-state index in [1.54, 1.807) is 5.57 Å². The molecule has 0 saturated heterocycles. The number of ether oxygens (including phenoxy) is 1. The van der Waals surface area contributed by atoms with Crippen LogP contribution >= 0.6 is 0 Å². The Labute approximate surface area is 299 Å². The van der Waals surface area contributed by atoms with Crippen LogP contribution in [0, 0.1) is 0 Å². The van der Waals surface area contributed by atoms with Crippen LogP contribution in [-0.4, -0.2) is 0 Å². The maximum Gasteiger partial charge on any atom is 0.136 e. The van der Waals surface area contributed by atoms with Crippen molar-refractivity contribution in [3.63, 3.8) is 0 Å². The van der Waals surface area contributed by atoms with Gasteiger partial charge in [0.1, 0.15) is 11.5 Å². The molecule has 51 heavy (non-hydrogen) atoms. The van der Waals surface area contributed by atoms with Crippen LogP contribution in [0.3, 0.4) is 0 Å². The van der Waals surface area contributed by atoms with Crippen molar-refractivity contribution in [1.82, 2.24) is 0 Å². The van der Waals surface area contributed by atoms with Gasteiger partial charge in [0, 0.05) is 21.8 Å². The molecular formula is C50H38O. The summed E-state index contributed by atoms with van der Waals surface area (Å²) in [6, 6.07) is 47.6. The maximum atomic E-state index is 6.52. The minimum atomic E-state index is -0.103. The highest BCUT2D eigenvalue weighted by atomic mass is 16.5. The van der Waals surface area contributed by atoms with Gasteiger partial charge < -0.3 is 4.74 Å². The van der Waals surface area contributed by atoms with E-state index in [1.165, 1.54) is 88.3 Å². The van der Waals surface area contributed by atoms with Crippen molar-refractivity contribution in [2.24, 2.45) is 0 Å². The monoisotopic (exact) mass is 654 g/mol. The first kappa shape index (κ1) is 29.1. The molecule has 0 atom stereocenters. The molecule has 0 unspecified atom stereocenters. The van der Waals surface area contributed by atoms with Gasteiger partial charge in [-0.25, -0.2) is 0 Å². The molecule has 0 spiro atoms. The highest BCUT2D eigenvalue weighted by molar-refractivity contribution is 6.17. The van der Waals surface area contributed by atoms with Gasteiger partial charge in [0.15, 0.2) is 0 Å². The second-order valence-electron chi connectivity index (χ2n) is 16.0. The maximum absolute atomic E-state index is 6.52. The molecule has 244 valence electrons. The molecule has 1 heterocycles. The third-order valence-corrected chi connectivity index (χ3v) is 12.6. The molecule has 1 aliphatic heterocycles. The predicted octanol–water partition coefficient (Wildman–Crippen LogP) is 13.7. The first-order chi connectivity index (χ1) is 24.8. The Hall–Kier alpha value is -5.66. The summed E-state index contributed by atoms with van der Waals surface area (Å²) in [6.45, 7) is 9.60. The highest BCUT2D eigenvalue weighted by Crippen LogP contribution is 2.54. The molecular weight excluding hydrogens is 617 g/mol. The van der Waals surface area contributed by atoms with Gasteiger partial charge >= 0.3 is 0 Å². The Morgan fingerprint density at radius 2 is 1.16 bits per heavy atom. The van der Waals surface area contributed by atoms with Crippen LogP contribution in [0.15, 0.2) is 139 Å². The van der Waals surface area contributed by atoms with Gasteiger partial charge in [-0.2, -0.15) is 0 Å². The molecule has 0 saturated carbocycles. The van der Waals surface area contributed by atoms with Crippen molar-refractivity contribution in [2.45, 2.75) is 51.4 Å². The largest absolute Gasteiger partial charge is 0.456 e. The smallest absolute Gasteiger partial charge is 0.136 e. The second kappa shape index (κ2) is 9.98. The Kier molecular flexibility index (Phi) is 5.70. The van der Waals surface area contributed by atoms with Crippen molar-refractivity contribution in [3.8, 4) is 44.9 Å². The Morgan fingerprint density at radius 3 is 2.00 bits per heavy atom. The van der Waals surface area contributed by atoms with E-state index in [1.807, 2.05) is 6.07 Å². The fourth-order valence-electron chi connectivity index (χ4n) is 9.91. The summed E-state index contributed by atoms with van der Waals surface area (Å²) in [6.07, 6.45) is 4.71. The highest BCUT2D eigenvalue weighted by Gasteiger charge is 2.39. The normalized spacial score (nSPS) is 17.0. The van der Waals surface area contributed by atoms with Gasteiger partial charge in [-0.3, -0.25) is 0 Å². The van der Waals surface area contributed by atoms with Crippen LogP contribution in [0.1, 0.15) is 68.4 Å². The van der Waals surface area contributed by atoms with Gasteiger partial charge in [-0.05, 0) is 132 Å². The van der Waals surface area contributed by atoms with Gasteiger partial charge in [-0.15, -0.1) is 0 Å². The van der Waals surface area contributed by atoms with E-state index >= 15 is 0 Å². The zero-order valence-electron chi connectivity index (χ0n) is 29.5. The van der Waals surface area contributed by atoms with E-state index in [2.05, 4.69) is 155 Å². The number of hydrogen-bond acceptors (Lipinski definition) is 1. The Bertz CT molecular complexity index is 2770. The Balaban J connectivity index is 0.969. The van der Waals surface area contributed by atoms with E-state index in [4.69, 9.17) is 4.74 Å². The first-order valence-corrected chi connectivity index (χ1v) is 18.4. The third kappa shape index (κ3) is 3.92. The van der Waals surface area contributed by atoms with E-state index in [0.717, 1.165) is 29.9 Å². The summed E-state index contributed by atoms with van der Waals surface area (Å²) < 4.78 is 6.52.